The normalized spacial score (nSPS) is 12.3. The summed E-state index contributed by atoms with van der Waals surface area (Å²) in [6.07, 6.45) is 53.5. The molecule has 0 bridgehead atoms. The summed E-state index contributed by atoms with van der Waals surface area (Å²) in [5, 5.41) is 15.7. The third kappa shape index (κ3) is 55.1. The Labute approximate surface area is 598 Å². The van der Waals surface area contributed by atoms with Gasteiger partial charge in [0.25, 0.3) is 0 Å². The molecule has 0 heterocycles. The topological polar surface area (TPSA) is 181 Å². The van der Waals surface area contributed by atoms with Gasteiger partial charge in [-0.05, 0) is 171 Å². The Hall–Kier alpha value is -3.26. The lowest BCUT2D eigenvalue weighted by molar-refractivity contribution is -0.161. The van der Waals surface area contributed by atoms with E-state index in [1.807, 2.05) is 27.7 Å². The number of unbranched alkanes of at least 4 members (excludes halogenated alkanes) is 34. The van der Waals surface area contributed by atoms with Gasteiger partial charge in [-0.15, -0.1) is 0 Å². The van der Waals surface area contributed by atoms with Crippen LogP contribution in [-0.2, 0) is 43.0 Å². The van der Waals surface area contributed by atoms with Crippen LogP contribution in [0.4, 0.5) is 0 Å². The number of esters is 3. The molecular formula is C83H160N4O10. The van der Waals surface area contributed by atoms with E-state index in [9.17, 15) is 33.9 Å². The Kier molecular flexibility index (Phi) is 59.3. The predicted octanol–water partition coefficient (Wildman–Crippen LogP) is 21.6. The highest BCUT2D eigenvalue weighted by atomic mass is 16.5. The first-order chi connectivity index (χ1) is 46.5. The lowest BCUT2D eigenvalue weighted by Gasteiger charge is -2.27. The molecule has 0 fully saturated rings. The third-order valence-corrected chi connectivity index (χ3v) is 20.4. The fraction of sp³-hybridized carbons (Fsp3) is 0.928. The number of carboxylic acids is 1. The number of aliphatic carboxylic acids is 1. The van der Waals surface area contributed by atoms with Gasteiger partial charge in [0, 0.05) is 39.0 Å². The second-order valence-corrected chi connectivity index (χ2v) is 32.0. The highest BCUT2D eigenvalue weighted by Crippen LogP contribution is 2.31. The van der Waals surface area contributed by atoms with Crippen LogP contribution in [0.15, 0.2) is 0 Å². The van der Waals surface area contributed by atoms with Crippen molar-refractivity contribution in [3.63, 3.8) is 0 Å². The van der Waals surface area contributed by atoms with E-state index in [0.717, 1.165) is 174 Å². The molecule has 0 spiro atoms. The van der Waals surface area contributed by atoms with E-state index in [0.29, 0.717) is 45.8 Å². The zero-order chi connectivity index (χ0) is 72.2. The highest BCUT2D eigenvalue weighted by Gasteiger charge is 2.32. The molecule has 0 atom stereocenters. The van der Waals surface area contributed by atoms with Crippen LogP contribution in [0, 0.1) is 21.7 Å². The van der Waals surface area contributed by atoms with Crippen LogP contribution >= 0.6 is 0 Å². The SMILES string of the molecule is CCCCCCCCCCCOC(=O)C(C)(C)CCCCN(CCCCCCC(C)(C)C(=O)O)CCNC(=O)CCC(=O)NCCN(CCCCCCC(C)(C)C(=O)OC(CCCCCCCC)CCCCCCCC)CCCCC(C)(C)C(=O)OCCCCCCCCCCC. The molecule has 572 valence electrons. The zero-order valence-corrected chi connectivity index (χ0v) is 66.0. The summed E-state index contributed by atoms with van der Waals surface area (Å²) in [4.78, 5) is 83.0. The van der Waals surface area contributed by atoms with Crippen molar-refractivity contribution in [1.29, 1.82) is 0 Å². The average Bonchev–Trinajstić information content (AvgIpc) is 1.71. The minimum absolute atomic E-state index is 0.0128. The molecule has 0 aliphatic rings. The van der Waals surface area contributed by atoms with Crippen molar-refractivity contribution < 1.29 is 48.1 Å². The molecule has 3 N–H and O–H groups in total. The van der Waals surface area contributed by atoms with Crippen LogP contribution in [0.5, 0.6) is 0 Å². The third-order valence-electron chi connectivity index (χ3n) is 20.4. The minimum atomic E-state index is -0.760. The number of rotatable bonds is 72. The van der Waals surface area contributed by atoms with Crippen molar-refractivity contribution >= 4 is 35.7 Å². The van der Waals surface area contributed by atoms with Crippen molar-refractivity contribution in [2.75, 3.05) is 65.6 Å². The molecule has 2 amide bonds. The lowest BCUT2D eigenvalue weighted by Crippen LogP contribution is -2.38. The molecular weight excluding hydrogens is 1210 g/mol. The summed E-state index contributed by atoms with van der Waals surface area (Å²) in [6, 6.07) is 0. The number of carbonyl (C=O) groups is 6. The Bertz CT molecular complexity index is 1910. The molecule has 0 saturated carbocycles. The van der Waals surface area contributed by atoms with E-state index in [2.05, 4.69) is 62.0 Å². The van der Waals surface area contributed by atoms with Crippen LogP contribution in [0.25, 0.3) is 0 Å². The molecule has 0 unspecified atom stereocenters. The van der Waals surface area contributed by atoms with Crippen LogP contribution in [0.3, 0.4) is 0 Å². The first kappa shape index (κ1) is 93.7. The molecule has 0 aliphatic heterocycles. The molecule has 14 nitrogen and oxygen atoms in total. The van der Waals surface area contributed by atoms with Crippen molar-refractivity contribution in [3.8, 4) is 0 Å². The Morgan fingerprint density at radius 1 is 0.320 bits per heavy atom. The van der Waals surface area contributed by atoms with Crippen molar-refractivity contribution in [2.45, 2.75) is 410 Å². The maximum Gasteiger partial charge on any atom is 0.311 e. The summed E-state index contributed by atoms with van der Waals surface area (Å²) in [7, 11) is 0. The van der Waals surface area contributed by atoms with Crippen LogP contribution in [-0.4, -0.2) is 122 Å². The van der Waals surface area contributed by atoms with Crippen molar-refractivity contribution in [3.05, 3.63) is 0 Å². The number of ether oxygens (including phenoxy) is 3. The molecule has 0 aromatic rings. The van der Waals surface area contributed by atoms with Gasteiger partial charge in [0.1, 0.15) is 6.10 Å². The highest BCUT2D eigenvalue weighted by molar-refractivity contribution is 5.83. The van der Waals surface area contributed by atoms with Gasteiger partial charge in [0.2, 0.25) is 11.8 Å². The maximum absolute atomic E-state index is 13.7. The standard InChI is InChI=1S/C83H160N4O10/c1-13-17-21-25-29-31-33-41-53-71-95-77(92)81(7,8)61-47-51-67-86(65-49-39-37-45-59-80(5,6)76(90)91)69-63-84-74(88)57-58-75(89)85-64-70-87(68-52-48-62-82(9,10)78(93)96-72-54-42-34-32-30-26-22-18-14-2)66-50-40-38-46-60-83(11,12)79(94)97-73(55-43-35-27-23-19-15-3)56-44-36-28-24-20-16-4/h73H,13-72H2,1-12H3,(H,84,88)(H,85,89)(H,90,91). The average molecular weight is 1370 g/mol. The molecule has 0 aromatic carbocycles. The first-order valence-corrected chi connectivity index (χ1v) is 41.2. The fourth-order valence-corrected chi connectivity index (χ4v) is 12.9. The van der Waals surface area contributed by atoms with Gasteiger partial charge >= 0.3 is 23.9 Å². The largest absolute Gasteiger partial charge is 0.481 e. The number of hydrogen-bond donors (Lipinski definition) is 3. The van der Waals surface area contributed by atoms with Gasteiger partial charge in [-0.2, -0.15) is 0 Å². The number of amides is 2. The summed E-state index contributed by atoms with van der Waals surface area (Å²) >= 11 is 0. The molecule has 0 aromatic heterocycles. The van der Waals surface area contributed by atoms with Gasteiger partial charge < -0.3 is 39.8 Å². The number of carboxylic acid groups (broad SMARTS) is 1. The molecule has 0 radical (unpaired) electrons. The van der Waals surface area contributed by atoms with E-state index in [-0.39, 0.29) is 48.7 Å². The molecule has 0 rings (SSSR count). The van der Waals surface area contributed by atoms with Gasteiger partial charge in [-0.1, -0.05) is 246 Å². The Morgan fingerprint density at radius 2 is 0.577 bits per heavy atom. The molecule has 97 heavy (non-hydrogen) atoms. The second-order valence-electron chi connectivity index (χ2n) is 32.0. The fourth-order valence-electron chi connectivity index (χ4n) is 12.9. The summed E-state index contributed by atoms with van der Waals surface area (Å²) in [6.45, 7) is 31.4. The van der Waals surface area contributed by atoms with Gasteiger partial charge in [-0.25, -0.2) is 0 Å². The van der Waals surface area contributed by atoms with Gasteiger partial charge in [0.05, 0.1) is 34.9 Å². The van der Waals surface area contributed by atoms with E-state index >= 15 is 0 Å². The monoisotopic (exact) mass is 1370 g/mol. The number of hydrogen-bond acceptors (Lipinski definition) is 11. The lowest BCUT2D eigenvalue weighted by atomic mass is 9.86. The smallest absolute Gasteiger partial charge is 0.311 e. The molecule has 0 aliphatic carbocycles. The van der Waals surface area contributed by atoms with Crippen molar-refractivity contribution in [1.82, 2.24) is 20.4 Å². The number of nitrogens with one attached hydrogen (secondary N) is 2. The van der Waals surface area contributed by atoms with Crippen molar-refractivity contribution in [2.24, 2.45) is 21.7 Å². The summed E-state index contributed by atoms with van der Waals surface area (Å²) in [5.74, 6) is -1.32. The molecule has 14 heteroatoms. The zero-order valence-electron chi connectivity index (χ0n) is 66.0. The van der Waals surface area contributed by atoms with E-state index in [1.54, 1.807) is 13.8 Å². The number of carbonyl (C=O) groups excluding carboxylic acids is 5. The first-order valence-electron chi connectivity index (χ1n) is 41.2. The van der Waals surface area contributed by atoms with Crippen LogP contribution < -0.4 is 10.6 Å². The predicted molar refractivity (Wildman–Crippen MR) is 407 cm³/mol. The van der Waals surface area contributed by atoms with Crippen LogP contribution in [0.1, 0.15) is 404 Å². The van der Waals surface area contributed by atoms with E-state index in [4.69, 9.17) is 14.2 Å². The molecule has 0 saturated heterocycles. The van der Waals surface area contributed by atoms with Gasteiger partial charge in [-0.3, -0.25) is 28.8 Å². The van der Waals surface area contributed by atoms with E-state index < -0.39 is 27.6 Å². The maximum atomic E-state index is 13.7. The minimum Gasteiger partial charge on any atom is -0.481 e. The second kappa shape index (κ2) is 61.4. The Morgan fingerprint density at radius 3 is 0.907 bits per heavy atom. The van der Waals surface area contributed by atoms with Crippen LogP contribution in [0.2, 0.25) is 0 Å². The number of nitrogens with zero attached hydrogens (tertiary/aromatic N) is 2. The van der Waals surface area contributed by atoms with Gasteiger partial charge in [0.15, 0.2) is 0 Å². The summed E-state index contributed by atoms with van der Waals surface area (Å²) in [5.41, 5.74) is -2.37. The van der Waals surface area contributed by atoms with E-state index in [1.165, 1.54) is 154 Å². The quantitative estimate of drug-likeness (QED) is 0.0298. The Balaban J connectivity index is 5.50. The summed E-state index contributed by atoms with van der Waals surface area (Å²) < 4.78 is 17.9.